The van der Waals surface area contributed by atoms with Crippen molar-refractivity contribution in [3.05, 3.63) is 0 Å². The lowest BCUT2D eigenvalue weighted by molar-refractivity contribution is -0.136. The van der Waals surface area contributed by atoms with Gasteiger partial charge in [-0.15, -0.1) is 0 Å². The van der Waals surface area contributed by atoms with Crippen LogP contribution in [-0.4, -0.2) is 36.6 Å². The van der Waals surface area contributed by atoms with E-state index >= 15 is 0 Å². The maximum Gasteiger partial charge on any atom is 0.143 e. The molecule has 2 rings (SSSR count). The first-order valence-electron chi connectivity index (χ1n) is 5.79. The first-order valence-corrected chi connectivity index (χ1v) is 5.79. The highest BCUT2D eigenvalue weighted by molar-refractivity contribution is 6.01. The van der Waals surface area contributed by atoms with Gasteiger partial charge in [0.05, 0.1) is 5.92 Å². The fraction of sp³-hybridized carbons (Fsp3) is 0.833. The maximum absolute atomic E-state index is 11.7. The SMILES string of the molecule is CC(=O)C1C[C@H]2CN(C)CC[C@H]2CC1=O. The molecule has 84 valence electrons. The van der Waals surface area contributed by atoms with Crippen LogP contribution in [0.3, 0.4) is 0 Å². The lowest BCUT2D eigenvalue weighted by atomic mass is 9.69. The van der Waals surface area contributed by atoms with Crippen molar-refractivity contribution in [2.45, 2.75) is 26.2 Å². The predicted molar refractivity (Wildman–Crippen MR) is 57.5 cm³/mol. The molecule has 0 bridgehead atoms. The molecule has 2 fully saturated rings. The third-order valence-corrected chi connectivity index (χ3v) is 3.98. The quantitative estimate of drug-likeness (QED) is 0.607. The van der Waals surface area contributed by atoms with Crippen LogP contribution in [-0.2, 0) is 9.59 Å². The van der Waals surface area contributed by atoms with Crippen LogP contribution < -0.4 is 0 Å². The molecule has 1 saturated carbocycles. The van der Waals surface area contributed by atoms with Gasteiger partial charge in [-0.3, -0.25) is 9.59 Å². The fourth-order valence-electron chi connectivity index (χ4n) is 3.03. The highest BCUT2D eigenvalue weighted by atomic mass is 16.1. The van der Waals surface area contributed by atoms with E-state index in [2.05, 4.69) is 11.9 Å². The second kappa shape index (κ2) is 4.05. The first kappa shape index (κ1) is 10.8. The van der Waals surface area contributed by atoms with Crippen LogP contribution in [0.2, 0.25) is 0 Å². The zero-order chi connectivity index (χ0) is 11.0. The van der Waals surface area contributed by atoms with Crippen LogP contribution in [0.5, 0.6) is 0 Å². The minimum absolute atomic E-state index is 0.0617. The molecular formula is C12H19NO2. The van der Waals surface area contributed by atoms with E-state index in [9.17, 15) is 9.59 Å². The predicted octanol–water partition coefficient (Wildman–Crippen LogP) is 1.12. The number of rotatable bonds is 1. The molecule has 1 heterocycles. The van der Waals surface area contributed by atoms with E-state index in [1.807, 2.05) is 0 Å². The molecule has 0 radical (unpaired) electrons. The smallest absolute Gasteiger partial charge is 0.143 e. The van der Waals surface area contributed by atoms with Gasteiger partial charge in [0.25, 0.3) is 0 Å². The van der Waals surface area contributed by atoms with Crippen molar-refractivity contribution in [2.24, 2.45) is 17.8 Å². The Bertz CT molecular complexity index is 287. The van der Waals surface area contributed by atoms with Gasteiger partial charge in [-0.1, -0.05) is 0 Å². The number of nitrogens with zero attached hydrogens (tertiary/aromatic N) is 1. The number of carbonyl (C=O) groups is 2. The van der Waals surface area contributed by atoms with E-state index in [4.69, 9.17) is 0 Å². The molecule has 3 atom stereocenters. The standard InChI is InChI=1S/C12H19NO2/c1-8(14)11-5-10-7-13(2)4-3-9(10)6-12(11)15/h9-11H,3-7H2,1-2H3/t9-,10-,11?/m0/s1. The zero-order valence-electron chi connectivity index (χ0n) is 9.53. The number of carbonyl (C=O) groups excluding carboxylic acids is 2. The van der Waals surface area contributed by atoms with Crippen LogP contribution >= 0.6 is 0 Å². The van der Waals surface area contributed by atoms with Crippen LogP contribution in [0.25, 0.3) is 0 Å². The highest BCUT2D eigenvalue weighted by Crippen LogP contribution is 2.37. The average molecular weight is 209 g/mol. The molecule has 3 nitrogen and oxygen atoms in total. The molecule has 1 aliphatic heterocycles. The normalized spacial score (nSPS) is 37.5. The van der Waals surface area contributed by atoms with Gasteiger partial charge in [-0.25, -0.2) is 0 Å². The molecule has 1 unspecified atom stereocenters. The second-order valence-corrected chi connectivity index (χ2v) is 5.14. The summed E-state index contributed by atoms with van der Waals surface area (Å²) in [4.78, 5) is 25.4. The largest absolute Gasteiger partial charge is 0.306 e. The molecular weight excluding hydrogens is 190 g/mol. The Morgan fingerprint density at radius 3 is 2.80 bits per heavy atom. The minimum atomic E-state index is -0.294. The van der Waals surface area contributed by atoms with E-state index in [1.165, 1.54) is 0 Å². The van der Waals surface area contributed by atoms with E-state index in [0.717, 1.165) is 25.9 Å². The lowest BCUT2D eigenvalue weighted by Crippen LogP contribution is -2.45. The number of hydrogen-bond donors (Lipinski definition) is 0. The van der Waals surface area contributed by atoms with Gasteiger partial charge < -0.3 is 4.90 Å². The summed E-state index contributed by atoms with van der Waals surface area (Å²) in [7, 11) is 2.12. The summed E-state index contributed by atoms with van der Waals surface area (Å²) in [5.41, 5.74) is 0. The monoisotopic (exact) mass is 209 g/mol. The summed E-state index contributed by atoms with van der Waals surface area (Å²) in [5, 5.41) is 0. The van der Waals surface area contributed by atoms with Crippen molar-refractivity contribution in [2.75, 3.05) is 20.1 Å². The molecule has 1 aliphatic carbocycles. The van der Waals surface area contributed by atoms with Crippen molar-refractivity contribution >= 4 is 11.6 Å². The van der Waals surface area contributed by atoms with Gasteiger partial charge in [-0.2, -0.15) is 0 Å². The topological polar surface area (TPSA) is 37.4 Å². The van der Waals surface area contributed by atoms with Gasteiger partial charge in [-0.05, 0) is 45.2 Å². The van der Waals surface area contributed by atoms with Crippen LogP contribution in [0, 0.1) is 17.8 Å². The molecule has 0 spiro atoms. The molecule has 0 aromatic heterocycles. The molecule has 1 saturated heterocycles. The highest BCUT2D eigenvalue weighted by Gasteiger charge is 2.39. The lowest BCUT2D eigenvalue weighted by Gasteiger charge is -2.41. The molecule has 0 aromatic carbocycles. The number of ketones is 2. The number of hydrogen-bond acceptors (Lipinski definition) is 3. The van der Waals surface area contributed by atoms with E-state index in [-0.39, 0.29) is 17.5 Å². The Balaban J connectivity index is 2.07. The zero-order valence-corrected chi connectivity index (χ0v) is 9.53. The molecule has 3 heteroatoms. The van der Waals surface area contributed by atoms with Gasteiger partial charge >= 0.3 is 0 Å². The Morgan fingerprint density at radius 2 is 2.13 bits per heavy atom. The first-order chi connectivity index (χ1) is 7.08. The van der Waals surface area contributed by atoms with Gasteiger partial charge in [0.15, 0.2) is 0 Å². The van der Waals surface area contributed by atoms with Crippen LogP contribution in [0.1, 0.15) is 26.2 Å². The van der Waals surface area contributed by atoms with Crippen molar-refractivity contribution in [1.29, 1.82) is 0 Å². The maximum atomic E-state index is 11.7. The van der Waals surface area contributed by atoms with E-state index in [1.54, 1.807) is 6.92 Å². The van der Waals surface area contributed by atoms with Crippen molar-refractivity contribution in [3.8, 4) is 0 Å². The van der Waals surface area contributed by atoms with Crippen molar-refractivity contribution < 1.29 is 9.59 Å². The number of Topliss-reactive ketones (excluding diaryl/α,β-unsaturated/α-hetero) is 2. The van der Waals surface area contributed by atoms with Crippen molar-refractivity contribution in [3.63, 3.8) is 0 Å². The Kier molecular flexibility index (Phi) is 2.91. The average Bonchev–Trinajstić information content (AvgIpc) is 2.17. The fourth-order valence-corrected chi connectivity index (χ4v) is 3.03. The Hall–Kier alpha value is -0.700. The minimum Gasteiger partial charge on any atom is -0.306 e. The summed E-state index contributed by atoms with van der Waals surface area (Å²) in [6.45, 7) is 3.70. The number of likely N-dealkylation sites (tertiary alicyclic amines) is 1. The van der Waals surface area contributed by atoms with E-state index in [0.29, 0.717) is 18.3 Å². The van der Waals surface area contributed by atoms with Crippen LogP contribution in [0.15, 0.2) is 0 Å². The molecule has 0 aromatic rings. The van der Waals surface area contributed by atoms with E-state index < -0.39 is 0 Å². The van der Waals surface area contributed by atoms with Crippen LogP contribution in [0.4, 0.5) is 0 Å². The van der Waals surface area contributed by atoms with Gasteiger partial charge in [0.1, 0.15) is 11.6 Å². The van der Waals surface area contributed by atoms with Gasteiger partial charge in [0, 0.05) is 13.0 Å². The molecule has 15 heavy (non-hydrogen) atoms. The molecule has 0 amide bonds. The second-order valence-electron chi connectivity index (χ2n) is 5.14. The molecule has 0 N–H and O–H groups in total. The summed E-state index contributed by atoms with van der Waals surface area (Å²) in [6.07, 6.45) is 2.56. The Morgan fingerprint density at radius 1 is 1.40 bits per heavy atom. The Labute approximate surface area is 90.8 Å². The summed E-state index contributed by atoms with van der Waals surface area (Å²) < 4.78 is 0. The number of fused-ring (bicyclic) bond motifs is 1. The third kappa shape index (κ3) is 2.12. The third-order valence-electron chi connectivity index (χ3n) is 3.98. The van der Waals surface area contributed by atoms with Gasteiger partial charge in [0.2, 0.25) is 0 Å². The summed E-state index contributed by atoms with van der Waals surface area (Å²) in [6, 6.07) is 0. The summed E-state index contributed by atoms with van der Waals surface area (Å²) in [5.74, 6) is 1.07. The van der Waals surface area contributed by atoms with Crippen molar-refractivity contribution in [1.82, 2.24) is 4.90 Å². The summed E-state index contributed by atoms with van der Waals surface area (Å²) >= 11 is 0. The number of piperidine rings is 1. The molecule has 2 aliphatic rings.